The van der Waals surface area contributed by atoms with Crippen LogP contribution in [-0.2, 0) is 24.8 Å². The zero-order chi connectivity index (χ0) is 27.3. The molecule has 4 rings (SSSR count). The number of amides is 1. The third-order valence-electron chi connectivity index (χ3n) is 5.43. The predicted octanol–water partition coefficient (Wildman–Crippen LogP) is 5.39. The maximum atomic E-state index is 13.4. The molecule has 0 aliphatic rings. The maximum Gasteiger partial charge on any atom is 0.264 e. The van der Waals surface area contributed by atoms with Crippen LogP contribution in [0.1, 0.15) is 5.56 Å². The molecular weight excluding hydrogens is 590 g/mol. The van der Waals surface area contributed by atoms with E-state index >= 15 is 0 Å². The molecule has 0 heterocycles. The van der Waals surface area contributed by atoms with Crippen molar-refractivity contribution >= 4 is 58.9 Å². The second kappa shape index (κ2) is 11.4. The highest BCUT2D eigenvalue weighted by atomic mass is 79.9. The molecule has 0 radical (unpaired) electrons. The summed E-state index contributed by atoms with van der Waals surface area (Å²) in [4.78, 5) is 13.0. The highest BCUT2D eigenvalue weighted by Crippen LogP contribution is 2.26. The van der Waals surface area contributed by atoms with E-state index in [-0.39, 0.29) is 9.79 Å². The van der Waals surface area contributed by atoms with E-state index in [0.29, 0.717) is 21.5 Å². The number of nitrogens with one attached hydrogen (secondary N) is 2. The van der Waals surface area contributed by atoms with Gasteiger partial charge in [0, 0.05) is 15.8 Å². The number of benzene rings is 4. The van der Waals surface area contributed by atoms with Crippen LogP contribution < -0.4 is 14.3 Å². The summed E-state index contributed by atoms with van der Waals surface area (Å²) in [7, 11) is -7.89. The topological polar surface area (TPSA) is 113 Å². The first-order chi connectivity index (χ1) is 18.0. The van der Waals surface area contributed by atoms with Gasteiger partial charge in [-0.25, -0.2) is 16.8 Å². The molecule has 0 bridgehead atoms. The molecule has 196 valence electrons. The molecule has 0 aromatic heterocycles. The van der Waals surface area contributed by atoms with Gasteiger partial charge in [0.2, 0.25) is 5.91 Å². The van der Waals surface area contributed by atoms with Gasteiger partial charge in [-0.2, -0.15) is 0 Å². The third-order valence-corrected chi connectivity index (χ3v) is 9.11. The first-order valence-corrected chi connectivity index (χ1v) is 15.1. The van der Waals surface area contributed by atoms with Gasteiger partial charge in [0.25, 0.3) is 20.0 Å². The van der Waals surface area contributed by atoms with Gasteiger partial charge in [0.1, 0.15) is 6.54 Å². The van der Waals surface area contributed by atoms with Crippen LogP contribution in [0.3, 0.4) is 0 Å². The van der Waals surface area contributed by atoms with Crippen molar-refractivity contribution in [3.63, 3.8) is 0 Å². The van der Waals surface area contributed by atoms with E-state index in [1.807, 2.05) is 13.0 Å². The molecule has 0 saturated carbocycles. The van der Waals surface area contributed by atoms with Crippen molar-refractivity contribution in [2.75, 3.05) is 20.9 Å². The molecule has 0 aliphatic heterocycles. The zero-order valence-corrected chi connectivity index (χ0v) is 23.4. The van der Waals surface area contributed by atoms with Crippen LogP contribution in [0.25, 0.3) is 0 Å². The van der Waals surface area contributed by atoms with E-state index in [2.05, 4.69) is 26.0 Å². The number of hydrogen-bond acceptors (Lipinski definition) is 5. The van der Waals surface area contributed by atoms with Crippen LogP contribution in [-0.4, -0.2) is 29.3 Å². The van der Waals surface area contributed by atoms with Crippen molar-refractivity contribution in [2.24, 2.45) is 0 Å². The minimum absolute atomic E-state index is 0.0134. The maximum absolute atomic E-state index is 13.4. The Kier molecular flexibility index (Phi) is 8.20. The Morgan fingerprint density at radius 3 is 2.11 bits per heavy atom. The lowest BCUT2D eigenvalue weighted by atomic mass is 10.2. The highest BCUT2D eigenvalue weighted by Gasteiger charge is 2.27. The van der Waals surface area contributed by atoms with Crippen LogP contribution in [0.4, 0.5) is 17.1 Å². The fourth-order valence-electron chi connectivity index (χ4n) is 3.64. The monoisotopic (exact) mass is 613 g/mol. The summed E-state index contributed by atoms with van der Waals surface area (Å²) in [6, 6.07) is 27.1. The fraction of sp³-hybridized carbons (Fsp3) is 0.0741. The Hall–Kier alpha value is -3.67. The van der Waals surface area contributed by atoms with Crippen LogP contribution in [0.2, 0.25) is 0 Å². The van der Waals surface area contributed by atoms with Crippen molar-refractivity contribution in [3.05, 3.63) is 113 Å². The van der Waals surface area contributed by atoms with E-state index in [4.69, 9.17) is 0 Å². The molecule has 11 heteroatoms. The normalized spacial score (nSPS) is 11.5. The van der Waals surface area contributed by atoms with Gasteiger partial charge in [-0.3, -0.25) is 13.8 Å². The minimum Gasteiger partial charge on any atom is -0.325 e. The molecule has 0 spiro atoms. The van der Waals surface area contributed by atoms with Crippen molar-refractivity contribution in [1.29, 1.82) is 0 Å². The summed E-state index contributed by atoms with van der Waals surface area (Å²) in [5.74, 6) is -0.599. The molecule has 0 atom stereocenters. The molecule has 8 nitrogen and oxygen atoms in total. The van der Waals surface area contributed by atoms with Crippen molar-refractivity contribution in [1.82, 2.24) is 0 Å². The third kappa shape index (κ3) is 6.60. The molecule has 0 fully saturated rings. The van der Waals surface area contributed by atoms with E-state index in [9.17, 15) is 21.6 Å². The van der Waals surface area contributed by atoms with Gasteiger partial charge in [-0.15, -0.1) is 0 Å². The highest BCUT2D eigenvalue weighted by molar-refractivity contribution is 9.10. The molecular formula is C27H24BrN3O5S2. The van der Waals surface area contributed by atoms with Crippen LogP contribution in [0.15, 0.2) is 117 Å². The lowest BCUT2D eigenvalue weighted by Gasteiger charge is -2.24. The van der Waals surface area contributed by atoms with Gasteiger partial charge in [0.05, 0.1) is 15.5 Å². The Morgan fingerprint density at radius 1 is 0.763 bits per heavy atom. The summed E-state index contributed by atoms with van der Waals surface area (Å²) < 4.78 is 56.5. The first-order valence-electron chi connectivity index (χ1n) is 11.4. The number of aryl methyl sites for hydroxylation is 1. The molecule has 0 unspecified atom stereocenters. The summed E-state index contributed by atoms with van der Waals surface area (Å²) in [5.41, 5.74) is 1.97. The molecule has 2 N–H and O–H groups in total. The number of halogens is 1. The van der Waals surface area contributed by atoms with Gasteiger partial charge in [-0.1, -0.05) is 52.3 Å². The lowest BCUT2D eigenvalue weighted by molar-refractivity contribution is -0.114. The Labute approximate surface area is 230 Å². The second-order valence-electron chi connectivity index (χ2n) is 8.35. The van der Waals surface area contributed by atoms with E-state index in [1.165, 1.54) is 36.4 Å². The molecule has 0 saturated heterocycles. The smallest absolute Gasteiger partial charge is 0.264 e. The van der Waals surface area contributed by atoms with E-state index in [0.717, 1.165) is 9.87 Å². The average Bonchev–Trinajstić information content (AvgIpc) is 2.88. The Bertz CT molecular complexity index is 1660. The van der Waals surface area contributed by atoms with Gasteiger partial charge in [-0.05, 0) is 79.2 Å². The molecule has 4 aromatic rings. The largest absolute Gasteiger partial charge is 0.325 e. The summed E-state index contributed by atoms with van der Waals surface area (Å²) in [6.07, 6.45) is 0. The first kappa shape index (κ1) is 27.4. The number of hydrogen-bond donors (Lipinski definition) is 2. The molecule has 0 aliphatic carbocycles. The number of sulfonamides is 2. The predicted molar refractivity (Wildman–Crippen MR) is 152 cm³/mol. The van der Waals surface area contributed by atoms with Crippen LogP contribution >= 0.6 is 15.9 Å². The quantitative estimate of drug-likeness (QED) is 0.263. The van der Waals surface area contributed by atoms with Crippen molar-refractivity contribution in [3.8, 4) is 0 Å². The van der Waals surface area contributed by atoms with Crippen LogP contribution in [0.5, 0.6) is 0 Å². The van der Waals surface area contributed by atoms with E-state index < -0.39 is 32.5 Å². The fourth-order valence-corrected chi connectivity index (χ4v) is 6.51. The molecule has 4 aromatic carbocycles. The SMILES string of the molecule is Cc1cccc(NS(=O)(=O)c2ccc(NC(=O)CN(c3cccc(Br)c3)S(=O)(=O)c3ccccc3)cc2)c1. The number of anilines is 3. The zero-order valence-electron chi connectivity index (χ0n) is 20.2. The molecule has 38 heavy (non-hydrogen) atoms. The van der Waals surface area contributed by atoms with Gasteiger partial charge >= 0.3 is 0 Å². The Balaban J connectivity index is 1.52. The number of rotatable bonds is 9. The minimum atomic E-state index is -4.05. The van der Waals surface area contributed by atoms with Crippen molar-refractivity contribution in [2.45, 2.75) is 16.7 Å². The van der Waals surface area contributed by atoms with Gasteiger partial charge < -0.3 is 5.32 Å². The van der Waals surface area contributed by atoms with Gasteiger partial charge in [0.15, 0.2) is 0 Å². The van der Waals surface area contributed by atoms with E-state index in [1.54, 1.807) is 60.7 Å². The average molecular weight is 615 g/mol. The molecule has 1 amide bonds. The number of carbonyl (C=O) groups is 1. The number of carbonyl (C=O) groups excluding carboxylic acids is 1. The number of nitrogens with zero attached hydrogens (tertiary/aromatic N) is 1. The standard InChI is InChI=1S/C27H24BrN3O5S2/c1-20-7-5-9-23(17-20)30-37(33,34)25-15-13-22(14-16-25)29-27(32)19-31(24-10-6-8-21(28)18-24)38(35,36)26-11-3-2-4-12-26/h2-18,30H,19H2,1H3,(H,29,32). The Morgan fingerprint density at radius 2 is 1.45 bits per heavy atom. The summed E-state index contributed by atoms with van der Waals surface area (Å²) in [5, 5.41) is 2.64. The van der Waals surface area contributed by atoms with Crippen LogP contribution in [0, 0.1) is 6.92 Å². The summed E-state index contributed by atoms with van der Waals surface area (Å²) >= 11 is 3.34. The summed E-state index contributed by atoms with van der Waals surface area (Å²) in [6.45, 7) is 1.36. The second-order valence-corrected chi connectivity index (χ2v) is 12.8. The lowest BCUT2D eigenvalue weighted by Crippen LogP contribution is -2.38. The van der Waals surface area contributed by atoms with Crippen molar-refractivity contribution < 1.29 is 21.6 Å².